The number of methoxy groups -OCH3 is 1. The van der Waals surface area contributed by atoms with E-state index in [0.29, 0.717) is 32.7 Å². The van der Waals surface area contributed by atoms with E-state index >= 15 is 0 Å². The molecule has 0 aliphatic carbocycles. The van der Waals surface area contributed by atoms with Gasteiger partial charge in [0.1, 0.15) is 0 Å². The summed E-state index contributed by atoms with van der Waals surface area (Å²) in [6, 6.07) is 0. The van der Waals surface area contributed by atoms with Crippen molar-refractivity contribution in [2.24, 2.45) is 5.41 Å². The molecule has 0 rings (SSSR count). The number of hydrogen-bond acceptors (Lipinski definition) is 3. The molecule has 0 aromatic heterocycles. The van der Waals surface area contributed by atoms with Crippen LogP contribution >= 0.6 is 0 Å². The van der Waals surface area contributed by atoms with Gasteiger partial charge < -0.3 is 14.6 Å². The molecule has 1 N–H and O–H groups in total. The van der Waals surface area contributed by atoms with Gasteiger partial charge >= 0.3 is 5.97 Å². The highest BCUT2D eigenvalue weighted by Gasteiger charge is 2.35. The number of ether oxygens (including phenoxy) is 2. The maximum atomic E-state index is 11.4. The molecule has 0 amide bonds. The Balaban J connectivity index is 4.13. The van der Waals surface area contributed by atoms with Crippen molar-refractivity contribution in [3.05, 3.63) is 0 Å². The van der Waals surface area contributed by atoms with E-state index in [1.54, 1.807) is 7.11 Å². The zero-order chi connectivity index (χ0) is 13.1. The molecule has 0 heterocycles. The van der Waals surface area contributed by atoms with Gasteiger partial charge in [0, 0.05) is 13.7 Å². The van der Waals surface area contributed by atoms with Crippen molar-refractivity contribution in [1.82, 2.24) is 0 Å². The predicted molar refractivity (Wildman–Crippen MR) is 67.2 cm³/mol. The fourth-order valence-electron chi connectivity index (χ4n) is 1.87. The maximum Gasteiger partial charge on any atom is 0.309 e. The molecule has 0 fully saturated rings. The Kier molecular flexibility index (Phi) is 9.09. The second-order valence-corrected chi connectivity index (χ2v) is 4.40. The molecule has 102 valence electrons. The summed E-state index contributed by atoms with van der Waals surface area (Å²) in [6.07, 6.45) is 3.97. The van der Waals surface area contributed by atoms with Crippen LogP contribution in [0.4, 0.5) is 0 Å². The number of carbonyl (C=O) groups is 1. The fourth-order valence-corrected chi connectivity index (χ4v) is 1.87. The molecule has 4 nitrogen and oxygen atoms in total. The van der Waals surface area contributed by atoms with E-state index in [1.807, 2.05) is 6.92 Å². The first-order chi connectivity index (χ1) is 8.13. The summed E-state index contributed by atoms with van der Waals surface area (Å²) in [5.41, 5.74) is -0.608. The number of rotatable bonds is 11. The van der Waals surface area contributed by atoms with Gasteiger partial charge in [0.05, 0.1) is 18.6 Å². The van der Waals surface area contributed by atoms with Gasteiger partial charge in [-0.3, -0.25) is 4.79 Å². The van der Waals surface area contributed by atoms with E-state index < -0.39 is 11.4 Å². The topological polar surface area (TPSA) is 55.8 Å². The molecule has 4 heteroatoms. The summed E-state index contributed by atoms with van der Waals surface area (Å²) in [5.74, 6) is -0.691. The quantitative estimate of drug-likeness (QED) is 0.569. The van der Waals surface area contributed by atoms with Gasteiger partial charge in [0.15, 0.2) is 0 Å². The highest BCUT2D eigenvalue weighted by atomic mass is 16.5. The van der Waals surface area contributed by atoms with Crippen molar-refractivity contribution >= 4 is 5.97 Å². The van der Waals surface area contributed by atoms with Crippen molar-refractivity contribution in [2.45, 2.75) is 46.0 Å². The third kappa shape index (κ3) is 6.03. The van der Waals surface area contributed by atoms with Crippen LogP contribution < -0.4 is 0 Å². The van der Waals surface area contributed by atoms with Crippen LogP contribution in [0.3, 0.4) is 0 Å². The lowest BCUT2D eigenvalue weighted by Crippen LogP contribution is -2.32. The van der Waals surface area contributed by atoms with Crippen LogP contribution in [-0.4, -0.2) is 38.0 Å². The number of aliphatic carboxylic acids is 1. The van der Waals surface area contributed by atoms with Gasteiger partial charge in [-0.25, -0.2) is 0 Å². The van der Waals surface area contributed by atoms with Gasteiger partial charge in [0.2, 0.25) is 0 Å². The molecule has 0 aromatic carbocycles. The molecule has 0 saturated carbocycles. The van der Waals surface area contributed by atoms with Crippen LogP contribution in [0.15, 0.2) is 0 Å². The third-order valence-corrected chi connectivity index (χ3v) is 3.30. The van der Waals surface area contributed by atoms with Crippen LogP contribution in [0, 0.1) is 5.41 Å². The molecular formula is C13H26O4. The molecule has 0 spiro atoms. The molecular weight excluding hydrogens is 220 g/mol. The number of unbranched alkanes of at least 4 members (excludes halogenated alkanes) is 1. The van der Waals surface area contributed by atoms with Gasteiger partial charge in [-0.1, -0.05) is 26.7 Å². The minimum absolute atomic E-state index is 0.493. The second kappa shape index (κ2) is 9.42. The Morgan fingerprint density at radius 2 is 1.88 bits per heavy atom. The summed E-state index contributed by atoms with van der Waals surface area (Å²) in [5, 5.41) is 9.37. The molecule has 0 aliphatic heterocycles. The highest BCUT2D eigenvalue weighted by molar-refractivity contribution is 5.74. The SMILES string of the molecule is CCCCC(CC)(CCOCCOC)C(=O)O. The van der Waals surface area contributed by atoms with E-state index in [0.717, 1.165) is 19.3 Å². The molecule has 0 saturated heterocycles. The normalized spacial score (nSPS) is 14.5. The first-order valence-corrected chi connectivity index (χ1v) is 6.43. The number of hydrogen-bond donors (Lipinski definition) is 1. The number of carboxylic acids is 1. The zero-order valence-electron chi connectivity index (χ0n) is 11.3. The van der Waals surface area contributed by atoms with E-state index in [9.17, 15) is 9.90 Å². The first kappa shape index (κ1) is 16.4. The van der Waals surface area contributed by atoms with E-state index in [-0.39, 0.29) is 0 Å². The van der Waals surface area contributed by atoms with Crippen LogP contribution in [0.1, 0.15) is 46.0 Å². The van der Waals surface area contributed by atoms with Gasteiger partial charge in [-0.2, -0.15) is 0 Å². The smallest absolute Gasteiger partial charge is 0.309 e. The second-order valence-electron chi connectivity index (χ2n) is 4.40. The predicted octanol–water partition coefficient (Wildman–Crippen LogP) is 2.71. The van der Waals surface area contributed by atoms with Gasteiger partial charge in [0.25, 0.3) is 0 Å². The van der Waals surface area contributed by atoms with Crippen LogP contribution in [-0.2, 0) is 14.3 Å². The van der Waals surface area contributed by atoms with Crippen LogP contribution in [0.5, 0.6) is 0 Å². The van der Waals surface area contributed by atoms with Crippen LogP contribution in [0.25, 0.3) is 0 Å². The summed E-state index contributed by atoms with van der Waals surface area (Å²) >= 11 is 0. The Morgan fingerprint density at radius 3 is 2.35 bits per heavy atom. The van der Waals surface area contributed by atoms with E-state index in [2.05, 4.69) is 6.92 Å². The minimum atomic E-state index is -0.691. The van der Waals surface area contributed by atoms with Gasteiger partial charge in [-0.05, 0) is 19.3 Å². The molecule has 0 aromatic rings. The van der Waals surface area contributed by atoms with E-state index in [1.165, 1.54) is 0 Å². The highest BCUT2D eigenvalue weighted by Crippen LogP contribution is 2.33. The standard InChI is InChI=1S/C13H26O4/c1-4-6-7-13(5-2,12(14)15)8-9-17-11-10-16-3/h4-11H2,1-3H3,(H,14,15). The Bertz CT molecular complexity index is 206. The maximum absolute atomic E-state index is 11.4. The fraction of sp³-hybridized carbons (Fsp3) is 0.923. The zero-order valence-corrected chi connectivity index (χ0v) is 11.3. The lowest BCUT2D eigenvalue weighted by Gasteiger charge is -2.28. The van der Waals surface area contributed by atoms with E-state index in [4.69, 9.17) is 9.47 Å². The average molecular weight is 246 g/mol. The Morgan fingerprint density at radius 1 is 1.18 bits per heavy atom. The molecule has 0 aliphatic rings. The summed E-state index contributed by atoms with van der Waals surface area (Å²) in [4.78, 5) is 11.4. The lowest BCUT2D eigenvalue weighted by molar-refractivity contribution is -0.151. The Hall–Kier alpha value is -0.610. The van der Waals surface area contributed by atoms with Crippen molar-refractivity contribution in [3.8, 4) is 0 Å². The molecule has 1 atom stereocenters. The van der Waals surface area contributed by atoms with Crippen molar-refractivity contribution in [3.63, 3.8) is 0 Å². The van der Waals surface area contributed by atoms with Crippen molar-refractivity contribution in [1.29, 1.82) is 0 Å². The summed E-state index contributed by atoms with van der Waals surface area (Å²) in [7, 11) is 1.62. The summed E-state index contributed by atoms with van der Waals surface area (Å²) in [6.45, 7) is 5.61. The molecule has 1 unspecified atom stereocenters. The Labute approximate surface area is 104 Å². The average Bonchev–Trinajstić information content (AvgIpc) is 2.32. The monoisotopic (exact) mass is 246 g/mol. The largest absolute Gasteiger partial charge is 0.481 e. The molecule has 0 bridgehead atoms. The minimum Gasteiger partial charge on any atom is -0.481 e. The first-order valence-electron chi connectivity index (χ1n) is 6.43. The van der Waals surface area contributed by atoms with Crippen molar-refractivity contribution in [2.75, 3.05) is 26.9 Å². The molecule has 17 heavy (non-hydrogen) atoms. The third-order valence-electron chi connectivity index (χ3n) is 3.30. The van der Waals surface area contributed by atoms with Crippen molar-refractivity contribution < 1.29 is 19.4 Å². The summed E-state index contributed by atoms with van der Waals surface area (Å²) < 4.78 is 10.2. The lowest BCUT2D eigenvalue weighted by atomic mass is 9.77. The van der Waals surface area contributed by atoms with Crippen LogP contribution in [0.2, 0.25) is 0 Å². The van der Waals surface area contributed by atoms with Gasteiger partial charge in [-0.15, -0.1) is 0 Å². The molecule has 0 radical (unpaired) electrons. The number of carboxylic acid groups (broad SMARTS) is 1.